The van der Waals surface area contributed by atoms with Crippen LogP contribution in [0.3, 0.4) is 0 Å². The molecule has 68 heavy (non-hydrogen) atoms. The molecule has 3 aliphatic rings. The van der Waals surface area contributed by atoms with Gasteiger partial charge in [-0.25, -0.2) is 0 Å². The number of aliphatic hydroxyl groups is 9. The molecule has 0 radical (unpaired) electrons. The molecule has 12 N–H and O–H groups in total. The number of hydrogen-bond donors (Lipinski definition) is 12. The molecular weight excluding hydrogens is 899 g/mol. The van der Waals surface area contributed by atoms with E-state index in [0.717, 1.165) is 70.6 Å². The van der Waals surface area contributed by atoms with Crippen LogP contribution in [-0.4, -0.2) is 215 Å². The number of nitrogens with one attached hydrogen (secondary N) is 3. The van der Waals surface area contributed by atoms with Gasteiger partial charge in [-0.3, -0.25) is 14.4 Å². The number of aliphatic hydroxyl groups excluding tert-OH is 9. The van der Waals surface area contributed by atoms with Gasteiger partial charge in [-0.1, -0.05) is 45.4 Å². The Bertz CT molecular complexity index is 1260. The van der Waals surface area contributed by atoms with Gasteiger partial charge in [0.05, 0.1) is 45.2 Å². The zero-order valence-electron chi connectivity index (χ0n) is 40.5. The molecule has 0 spiro atoms. The van der Waals surface area contributed by atoms with E-state index in [1.165, 1.54) is 20.8 Å². The molecule has 0 bridgehead atoms. The summed E-state index contributed by atoms with van der Waals surface area (Å²) >= 11 is 0. The normalized spacial score (nSPS) is 32.9. The molecule has 3 heterocycles. The molecule has 0 aliphatic carbocycles. The first-order chi connectivity index (χ1) is 32.5. The molecule has 3 saturated heterocycles. The number of ether oxygens (including phenoxy) is 7. The summed E-state index contributed by atoms with van der Waals surface area (Å²) in [6.45, 7) is 7.05. The highest BCUT2D eigenvalue weighted by atomic mass is 16.7. The van der Waals surface area contributed by atoms with E-state index in [1.54, 1.807) is 0 Å². The minimum Gasteiger partial charge on any atom is -0.394 e. The minimum absolute atomic E-state index is 0.256. The molecule has 0 aromatic rings. The van der Waals surface area contributed by atoms with Gasteiger partial charge in [0.15, 0.2) is 12.6 Å². The fourth-order valence-electron chi connectivity index (χ4n) is 8.87. The largest absolute Gasteiger partial charge is 0.394 e. The van der Waals surface area contributed by atoms with Crippen LogP contribution in [0.1, 0.15) is 118 Å². The molecule has 3 amide bonds. The predicted molar refractivity (Wildman–Crippen MR) is 242 cm³/mol. The van der Waals surface area contributed by atoms with Gasteiger partial charge in [-0.05, 0) is 51.4 Å². The Labute approximate surface area is 400 Å². The fourth-order valence-corrected chi connectivity index (χ4v) is 8.87. The Morgan fingerprint density at radius 3 is 1.24 bits per heavy atom. The average Bonchev–Trinajstić information content (AvgIpc) is 3.29. The van der Waals surface area contributed by atoms with Crippen molar-refractivity contribution in [1.29, 1.82) is 0 Å². The van der Waals surface area contributed by atoms with Crippen molar-refractivity contribution in [1.82, 2.24) is 16.0 Å². The number of carbonyl (C=O) groups is 3. The van der Waals surface area contributed by atoms with Crippen molar-refractivity contribution in [3.8, 4) is 0 Å². The molecule has 398 valence electrons. The Morgan fingerprint density at radius 2 is 0.809 bits per heavy atom. The number of carbonyl (C=O) groups excluding carboxylic acids is 3. The highest BCUT2D eigenvalue weighted by molar-refractivity contribution is 5.74. The highest BCUT2D eigenvalue weighted by Gasteiger charge is 2.47. The standard InChI is InChI=1S/C46H85N3O19/c1-28(53)47-35-31(66-32(23-50)38(56)41(35)59)17-11-7-5-6-8-12-18-46(4,26-62-19-13-9-15-21-64-44-36(48-29(2)54)42(60)39(57)33(24-51)67-44)27-63-20-14-10-16-22-65-45-37(49-30(3)55)43(61)40(58)34(25-52)68-45/h31-45,50-52,56-61H,5-27H2,1-4H3,(H,47,53)(H,48,54)(H,49,55)/t31-,32?,33?,34?,35?,36?,37?,38-,39-,40-,41+,42+,43+,44+,45+,46?/m0/s1. The second-order valence-electron chi connectivity index (χ2n) is 18.9. The van der Waals surface area contributed by atoms with Crippen LogP contribution in [-0.2, 0) is 47.5 Å². The van der Waals surface area contributed by atoms with Crippen LogP contribution in [0.25, 0.3) is 0 Å². The van der Waals surface area contributed by atoms with Crippen molar-refractivity contribution >= 4 is 17.7 Å². The van der Waals surface area contributed by atoms with Crippen LogP contribution in [0.15, 0.2) is 0 Å². The zero-order chi connectivity index (χ0) is 50.2. The van der Waals surface area contributed by atoms with Gasteiger partial charge in [0.25, 0.3) is 0 Å². The van der Waals surface area contributed by atoms with Crippen LogP contribution < -0.4 is 16.0 Å². The van der Waals surface area contributed by atoms with Crippen molar-refractivity contribution in [3.63, 3.8) is 0 Å². The lowest BCUT2D eigenvalue weighted by Gasteiger charge is -2.42. The smallest absolute Gasteiger partial charge is 0.217 e. The summed E-state index contributed by atoms with van der Waals surface area (Å²) in [6.07, 6.45) is -2.39. The van der Waals surface area contributed by atoms with Crippen LogP contribution in [0.2, 0.25) is 0 Å². The molecular formula is C46H85N3O19. The van der Waals surface area contributed by atoms with Crippen molar-refractivity contribution in [2.45, 2.75) is 209 Å². The second-order valence-corrected chi connectivity index (χ2v) is 18.9. The molecule has 0 saturated carbocycles. The molecule has 3 rings (SSSR count). The van der Waals surface area contributed by atoms with Crippen LogP contribution in [0, 0.1) is 5.41 Å². The highest BCUT2D eigenvalue weighted by Crippen LogP contribution is 2.29. The lowest BCUT2D eigenvalue weighted by atomic mass is 9.86. The topological polar surface area (TPSA) is 334 Å². The summed E-state index contributed by atoms with van der Waals surface area (Å²) in [5.74, 6) is -1.19. The molecule has 3 aliphatic heterocycles. The second kappa shape index (κ2) is 32.0. The Hall–Kier alpha value is -2.23. The first kappa shape index (κ1) is 60.1. The third kappa shape index (κ3) is 20.1. The van der Waals surface area contributed by atoms with E-state index in [0.29, 0.717) is 45.7 Å². The summed E-state index contributed by atoms with van der Waals surface area (Å²) in [4.78, 5) is 35.2. The third-order valence-electron chi connectivity index (χ3n) is 12.8. The molecule has 22 heteroatoms. The van der Waals surface area contributed by atoms with Crippen molar-refractivity contribution < 1.29 is 93.5 Å². The quantitative estimate of drug-likeness (QED) is 0.0329. The van der Waals surface area contributed by atoms with Crippen LogP contribution >= 0.6 is 0 Å². The van der Waals surface area contributed by atoms with E-state index in [4.69, 9.17) is 33.2 Å². The van der Waals surface area contributed by atoms with Gasteiger partial charge < -0.3 is 95.1 Å². The van der Waals surface area contributed by atoms with E-state index in [9.17, 15) is 60.3 Å². The first-order valence-corrected chi connectivity index (χ1v) is 24.5. The van der Waals surface area contributed by atoms with Gasteiger partial charge in [-0.15, -0.1) is 0 Å². The summed E-state index contributed by atoms with van der Waals surface area (Å²) in [6, 6.07) is -2.76. The number of hydrogen-bond acceptors (Lipinski definition) is 19. The Balaban J connectivity index is 1.42. The summed E-state index contributed by atoms with van der Waals surface area (Å²) in [7, 11) is 0. The Morgan fingerprint density at radius 1 is 0.456 bits per heavy atom. The first-order valence-electron chi connectivity index (χ1n) is 24.5. The molecule has 22 nitrogen and oxygen atoms in total. The predicted octanol–water partition coefficient (Wildman–Crippen LogP) is -1.61. The lowest BCUT2D eigenvalue weighted by molar-refractivity contribution is -0.270. The molecule has 15 atom stereocenters. The van der Waals surface area contributed by atoms with E-state index >= 15 is 0 Å². The number of amides is 3. The van der Waals surface area contributed by atoms with E-state index in [-0.39, 0.29) is 24.5 Å². The van der Waals surface area contributed by atoms with Gasteiger partial charge in [0.2, 0.25) is 17.7 Å². The fraction of sp³-hybridized carbons (Fsp3) is 0.935. The Kier molecular flexibility index (Phi) is 28.2. The van der Waals surface area contributed by atoms with E-state index < -0.39 is 123 Å². The maximum Gasteiger partial charge on any atom is 0.217 e. The van der Waals surface area contributed by atoms with Crippen molar-refractivity contribution in [2.24, 2.45) is 5.41 Å². The third-order valence-corrected chi connectivity index (χ3v) is 12.8. The van der Waals surface area contributed by atoms with E-state index in [1.807, 2.05) is 0 Å². The van der Waals surface area contributed by atoms with Crippen LogP contribution in [0.5, 0.6) is 0 Å². The molecule has 6 unspecified atom stereocenters. The number of unbranched alkanes of at least 4 members (excludes halogenated alkanes) is 9. The minimum atomic E-state index is -1.39. The molecule has 0 aromatic carbocycles. The number of rotatable bonds is 33. The van der Waals surface area contributed by atoms with Crippen molar-refractivity contribution in [2.75, 3.05) is 59.5 Å². The monoisotopic (exact) mass is 984 g/mol. The van der Waals surface area contributed by atoms with Gasteiger partial charge in [-0.2, -0.15) is 0 Å². The lowest BCUT2D eigenvalue weighted by Crippen LogP contribution is -2.64. The maximum absolute atomic E-state index is 11.8. The summed E-state index contributed by atoms with van der Waals surface area (Å²) in [5, 5.41) is 98.9. The van der Waals surface area contributed by atoms with Gasteiger partial charge in [0.1, 0.15) is 67.0 Å². The molecule has 0 aromatic heterocycles. The van der Waals surface area contributed by atoms with Crippen LogP contribution in [0.4, 0.5) is 0 Å². The average molecular weight is 984 g/mol. The van der Waals surface area contributed by atoms with Gasteiger partial charge >= 0.3 is 0 Å². The van der Waals surface area contributed by atoms with Gasteiger partial charge in [0, 0.05) is 52.6 Å². The summed E-state index contributed by atoms with van der Waals surface area (Å²) in [5.41, 5.74) is -0.269. The SMILES string of the molecule is CC(=O)NC1[C@H](OCCCCCOCC(C)(CCCCCCCC[C@@H]2OC(CO)[C@H](O)[C@H](O)C2NC(C)=O)COCCCCCO[C@@H]2OC(CO)[C@H](O)[C@H](O)C2NC(C)=O)OC(CO)[C@H](O)[C@@H]1O. The summed E-state index contributed by atoms with van der Waals surface area (Å²) < 4.78 is 41.2. The van der Waals surface area contributed by atoms with E-state index in [2.05, 4.69) is 22.9 Å². The maximum atomic E-state index is 11.8. The molecule has 3 fully saturated rings. The van der Waals surface area contributed by atoms with Crippen molar-refractivity contribution in [3.05, 3.63) is 0 Å². The zero-order valence-corrected chi connectivity index (χ0v) is 40.5.